The van der Waals surface area contributed by atoms with E-state index in [1.165, 1.54) is 12.8 Å². The summed E-state index contributed by atoms with van der Waals surface area (Å²) >= 11 is 0. The Morgan fingerprint density at radius 2 is 1.82 bits per heavy atom. The van der Waals surface area contributed by atoms with Crippen molar-refractivity contribution in [2.24, 2.45) is 0 Å². The average molecular weight is 377 g/mol. The summed E-state index contributed by atoms with van der Waals surface area (Å²) in [6, 6.07) is 13.5. The number of carbonyl (C=O) groups is 1. The van der Waals surface area contributed by atoms with Gasteiger partial charge in [-0.05, 0) is 57.2 Å². The Labute approximate surface area is 166 Å². The molecule has 0 aliphatic heterocycles. The highest BCUT2D eigenvalue weighted by Gasteiger charge is 2.13. The lowest BCUT2D eigenvalue weighted by Gasteiger charge is -2.16. The first kappa shape index (κ1) is 20.0. The number of nitrogens with zero attached hydrogens (tertiary/aromatic N) is 3. The second-order valence-electron chi connectivity index (χ2n) is 7.07. The van der Waals surface area contributed by atoms with Crippen LogP contribution in [0.25, 0.3) is 22.2 Å². The zero-order valence-corrected chi connectivity index (χ0v) is 16.7. The number of amides is 1. The van der Waals surface area contributed by atoms with Crippen molar-refractivity contribution in [3.8, 4) is 11.3 Å². The Bertz CT molecular complexity index is 911. The van der Waals surface area contributed by atoms with E-state index in [9.17, 15) is 4.79 Å². The molecular formula is C23H28N4O. The van der Waals surface area contributed by atoms with E-state index in [1.807, 2.05) is 42.5 Å². The summed E-state index contributed by atoms with van der Waals surface area (Å²) in [6.45, 7) is 4.96. The van der Waals surface area contributed by atoms with Gasteiger partial charge < -0.3 is 10.2 Å². The molecule has 0 aliphatic rings. The molecule has 1 amide bonds. The van der Waals surface area contributed by atoms with E-state index in [0.29, 0.717) is 12.1 Å². The van der Waals surface area contributed by atoms with Crippen LogP contribution < -0.4 is 5.32 Å². The van der Waals surface area contributed by atoms with Gasteiger partial charge in [0.15, 0.2) is 0 Å². The van der Waals surface area contributed by atoms with Crippen molar-refractivity contribution in [2.45, 2.75) is 26.2 Å². The van der Waals surface area contributed by atoms with Crippen molar-refractivity contribution in [2.75, 3.05) is 26.7 Å². The van der Waals surface area contributed by atoms with Crippen LogP contribution in [-0.2, 0) is 0 Å². The van der Waals surface area contributed by atoms with Crippen LogP contribution in [0, 0.1) is 0 Å². The van der Waals surface area contributed by atoms with Crippen LogP contribution in [-0.4, -0.2) is 47.5 Å². The summed E-state index contributed by atoms with van der Waals surface area (Å²) in [4.78, 5) is 24.0. The van der Waals surface area contributed by atoms with Crippen LogP contribution >= 0.6 is 0 Å². The van der Waals surface area contributed by atoms with Gasteiger partial charge in [-0.3, -0.25) is 9.78 Å². The van der Waals surface area contributed by atoms with Crippen LogP contribution in [0.5, 0.6) is 0 Å². The van der Waals surface area contributed by atoms with Gasteiger partial charge in [0.2, 0.25) is 0 Å². The predicted octanol–water partition coefficient (Wildman–Crippen LogP) is 4.15. The third-order valence-electron chi connectivity index (χ3n) is 4.83. The van der Waals surface area contributed by atoms with Crippen LogP contribution in [0.4, 0.5) is 0 Å². The minimum atomic E-state index is -0.0508. The number of hydrogen-bond donors (Lipinski definition) is 1. The zero-order chi connectivity index (χ0) is 19.8. The highest BCUT2D eigenvalue weighted by atomic mass is 16.1. The third kappa shape index (κ3) is 5.14. The normalized spacial score (nSPS) is 11.1. The van der Waals surface area contributed by atoms with E-state index >= 15 is 0 Å². The molecule has 0 spiro atoms. The molecule has 0 saturated carbocycles. The Morgan fingerprint density at radius 3 is 2.61 bits per heavy atom. The maximum Gasteiger partial charge on any atom is 0.252 e. The Morgan fingerprint density at radius 1 is 1.07 bits per heavy atom. The fourth-order valence-corrected chi connectivity index (χ4v) is 3.22. The van der Waals surface area contributed by atoms with Crippen LogP contribution in [0.1, 0.15) is 36.5 Å². The fourth-order valence-electron chi connectivity index (χ4n) is 3.22. The molecule has 5 nitrogen and oxygen atoms in total. The zero-order valence-electron chi connectivity index (χ0n) is 16.7. The van der Waals surface area contributed by atoms with Gasteiger partial charge in [0.1, 0.15) is 0 Å². The number of nitrogens with one attached hydrogen (secondary N) is 1. The van der Waals surface area contributed by atoms with E-state index in [1.54, 1.807) is 12.4 Å². The van der Waals surface area contributed by atoms with E-state index in [-0.39, 0.29) is 5.91 Å². The average Bonchev–Trinajstić information content (AvgIpc) is 2.75. The SMILES string of the molecule is CCCCN(C)CCCNC(=O)c1cc(-c2ccncc2)nc2ccccc12. The highest BCUT2D eigenvalue weighted by Crippen LogP contribution is 2.24. The quantitative estimate of drug-likeness (QED) is 0.570. The van der Waals surface area contributed by atoms with Crippen LogP contribution in [0.2, 0.25) is 0 Å². The second kappa shape index (κ2) is 9.95. The molecule has 0 unspecified atom stereocenters. The molecule has 1 aromatic carbocycles. The van der Waals surface area contributed by atoms with E-state index in [0.717, 1.165) is 41.7 Å². The molecule has 2 heterocycles. The molecule has 28 heavy (non-hydrogen) atoms. The highest BCUT2D eigenvalue weighted by molar-refractivity contribution is 6.07. The number of para-hydroxylation sites is 1. The fraction of sp³-hybridized carbons (Fsp3) is 0.348. The number of rotatable bonds is 9. The molecule has 0 saturated heterocycles. The lowest BCUT2D eigenvalue weighted by atomic mass is 10.0. The van der Waals surface area contributed by atoms with E-state index in [2.05, 4.69) is 29.2 Å². The van der Waals surface area contributed by atoms with Crippen LogP contribution in [0.3, 0.4) is 0 Å². The number of unbranched alkanes of at least 4 members (excludes halogenated alkanes) is 1. The number of carbonyl (C=O) groups excluding carboxylic acids is 1. The van der Waals surface area contributed by atoms with Crippen molar-refractivity contribution in [3.63, 3.8) is 0 Å². The number of aromatic nitrogens is 2. The monoisotopic (exact) mass is 376 g/mol. The van der Waals surface area contributed by atoms with Crippen LogP contribution in [0.15, 0.2) is 54.9 Å². The van der Waals surface area contributed by atoms with Gasteiger partial charge in [0.25, 0.3) is 5.91 Å². The van der Waals surface area contributed by atoms with Gasteiger partial charge in [-0.15, -0.1) is 0 Å². The van der Waals surface area contributed by atoms with Crippen molar-refractivity contribution in [1.29, 1.82) is 0 Å². The molecule has 0 bridgehead atoms. The van der Waals surface area contributed by atoms with Gasteiger partial charge in [0, 0.05) is 29.9 Å². The molecule has 3 rings (SSSR count). The third-order valence-corrected chi connectivity index (χ3v) is 4.83. The van der Waals surface area contributed by atoms with E-state index < -0.39 is 0 Å². The molecule has 5 heteroatoms. The predicted molar refractivity (Wildman–Crippen MR) is 114 cm³/mol. The van der Waals surface area contributed by atoms with Gasteiger partial charge in [-0.25, -0.2) is 4.98 Å². The summed E-state index contributed by atoms with van der Waals surface area (Å²) < 4.78 is 0. The smallest absolute Gasteiger partial charge is 0.252 e. The molecular weight excluding hydrogens is 348 g/mol. The molecule has 0 atom stereocenters. The first-order valence-corrected chi connectivity index (χ1v) is 9.96. The lowest BCUT2D eigenvalue weighted by molar-refractivity contribution is 0.0953. The standard InChI is InChI=1S/C23H28N4O/c1-3-4-15-27(2)16-7-12-25-23(28)20-17-22(18-10-13-24-14-11-18)26-21-9-6-5-8-19(20)21/h5-6,8-11,13-14,17H,3-4,7,12,15-16H2,1-2H3,(H,25,28). The molecule has 2 aromatic heterocycles. The van der Waals surface area contributed by atoms with Crippen molar-refractivity contribution in [1.82, 2.24) is 20.2 Å². The van der Waals surface area contributed by atoms with E-state index in [4.69, 9.17) is 4.98 Å². The minimum Gasteiger partial charge on any atom is -0.352 e. The molecule has 1 N–H and O–H groups in total. The van der Waals surface area contributed by atoms with Crippen molar-refractivity contribution >= 4 is 16.8 Å². The first-order chi connectivity index (χ1) is 13.7. The summed E-state index contributed by atoms with van der Waals surface area (Å²) in [6.07, 6.45) is 6.83. The lowest BCUT2D eigenvalue weighted by Crippen LogP contribution is -2.28. The molecule has 0 fully saturated rings. The number of benzene rings is 1. The summed E-state index contributed by atoms with van der Waals surface area (Å²) in [5.74, 6) is -0.0508. The molecule has 0 aliphatic carbocycles. The Kier molecular flexibility index (Phi) is 7.09. The van der Waals surface area contributed by atoms with Crippen molar-refractivity contribution < 1.29 is 4.79 Å². The summed E-state index contributed by atoms with van der Waals surface area (Å²) in [7, 11) is 2.13. The topological polar surface area (TPSA) is 58.1 Å². The molecule has 146 valence electrons. The maximum atomic E-state index is 12.9. The maximum absolute atomic E-state index is 12.9. The molecule has 3 aromatic rings. The number of hydrogen-bond acceptors (Lipinski definition) is 4. The first-order valence-electron chi connectivity index (χ1n) is 9.96. The minimum absolute atomic E-state index is 0.0508. The summed E-state index contributed by atoms with van der Waals surface area (Å²) in [5, 5.41) is 3.95. The van der Waals surface area contributed by atoms with Crippen molar-refractivity contribution in [3.05, 3.63) is 60.4 Å². The second-order valence-corrected chi connectivity index (χ2v) is 7.07. The van der Waals surface area contributed by atoms with Gasteiger partial charge in [0.05, 0.1) is 16.8 Å². The molecule has 0 radical (unpaired) electrons. The Balaban J connectivity index is 1.73. The number of pyridine rings is 2. The van der Waals surface area contributed by atoms with Gasteiger partial charge in [-0.2, -0.15) is 0 Å². The number of fused-ring (bicyclic) bond motifs is 1. The Hall–Kier alpha value is -2.79. The van der Waals surface area contributed by atoms with Gasteiger partial charge >= 0.3 is 0 Å². The largest absolute Gasteiger partial charge is 0.352 e. The van der Waals surface area contributed by atoms with Gasteiger partial charge in [-0.1, -0.05) is 31.5 Å². The summed E-state index contributed by atoms with van der Waals surface area (Å²) in [5.41, 5.74) is 3.22.